The SMILES string of the molecule is CN=C(NCCc1ccc(C)cc1)NC(C)Cc1c(C)nn(C)c1C. The maximum Gasteiger partial charge on any atom is 0.191 e. The number of aromatic nitrogens is 2. The molecule has 0 bridgehead atoms. The number of rotatable bonds is 6. The van der Waals surface area contributed by atoms with Crippen LogP contribution in [0.15, 0.2) is 29.3 Å². The molecule has 0 spiro atoms. The number of guanidine groups is 1. The van der Waals surface area contributed by atoms with E-state index in [1.54, 1.807) is 0 Å². The first-order valence-corrected chi connectivity index (χ1v) is 8.92. The highest BCUT2D eigenvalue weighted by atomic mass is 15.3. The largest absolute Gasteiger partial charge is 0.356 e. The molecular formula is C20H31N5. The molecule has 1 atom stereocenters. The number of aryl methyl sites for hydroxylation is 3. The second kappa shape index (κ2) is 8.70. The average Bonchev–Trinajstić information content (AvgIpc) is 2.82. The van der Waals surface area contributed by atoms with Crippen molar-refractivity contribution in [3.63, 3.8) is 0 Å². The summed E-state index contributed by atoms with van der Waals surface area (Å²) in [7, 11) is 3.81. The lowest BCUT2D eigenvalue weighted by molar-refractivity contribution is 0.635. The van der Waals surface area contributed by atoms with Gasteiger partial charge >= 0.3 is 0 Å². The molecule has 2 aromatic rings. The van der Waals surface area contributed by atoms with Gasteiger partial charge in [0.1, 0.15) is 0 Å². The second-order valence-corrected chi connectivity index (χ2v) is 6.76. The number of aliphatic imine (C=N–C) groups is 1. The summed E-state index contributed by atoms with van der Waals surface area (Å²) < 4.78 is 1.95. The van der Waals surface area contributed by atoms with E-state index in [9.17, 15) is 0 Å². The third kappa shape index (κ3) is 5.34. The van der Waals surface area contributed by atoms with Gasteiger partial charge in [-0.05, 0) is 51.7 Å². The fraction of sp³-hybridized carbons (Fsp3) is 0.500. The molecule has 1 heterocycles. The predicted octanol–water partition coefficient (Wildman–Crippen LogP) is 2.68. The lowest BCUT2D eigenvalue weighted by Gasteiger charge is -2.18. The van der Waals surface area contributed by atoms with E-state index in [4.69, 9.17) is 0 Å². The van der Waals surface area contributed by atoms with Crippen LogP contribution in [0.4, 0.5) is 0 Å². The van der Waals surface area contributed by atoms with Gasteiger partial charge in [0.2, 0.25) is 0 Å². The van der Waals surface area contributed by atoms with E-state index < -0.39 is 0 Å². The van der Waals surface area contributed by atoms with E-state index in [1.807, 2.05) is 18.8 Å². The third-order valence-corrected chi connectivity index (χ3v) is 4.60. The highest BCUT2D eigenvalue weighted by Crippen LogP contribution is 2.14. The van der Waals surface area contributed by atoms with E-state index >= 15 is 0 Å². The Morgan fingerprint density at radius 2 is 1.88 bits per heavy atom. The molecule has 1 aromatic heterocycles. The van der Waals surface area contributed by atoms with Crippen molar-refractivity contribution in [2.75, 3.05) is 13.6 Å². The van der Waals surface area contributed by atoms with Gasteiger partial charge in [-0.1, -0.05) is 29.8 Å². The molecule has 5 heteroatoms. The predicted molar refractivity (Wildman–Crippen MR) is 105 cm³/mol. The number of nitrogens with one attached hydrogen (secondary N) is 2. The summed E-state index contributed by atoms with van der Waals surface area (Å²) in [5.41, 5.74) is 6.29. The molecule has 136 valence electrons. The summed E-state index contributed by atoms with van der Waals surface area (Å²) in [6.07, 6.45) is 1.92. The quantitative estimate of drug-likeness (QED) is 0.627. The van der Waals surface area contributed by atoms with Crippen molar-refractivity contribution in [1.29, 1.82) is 0 Å². The minimum Gasteiger partial charge on any atom is -0.356 e. The van der Waals surface area contributed by atoms with Gasteiger partial charge in [-0.15, -0.1) is 0 Å². The molecule has 0 amide bonds. The fourth-order valence-electron chi connectivity index (χ4n) is 2.98. The molecule has 0 aliphatic heterocycles. The Bertz CT molecular complexity index is 712. The van der Waals surface area contributed by atoms with E-state index in [2.05, 4.69) is 72.7 Å². The third-order valence-electron chi connectivity index (χ3n) is 4.60. The summed E-state index contributed by atoms with van der Waals surface area (Å²) in [5.74, 6) is 0.846. The fourth-order valence-corrected chi connectivity index (χ4v) is 2.98. The molecule has 0 saturated carbocycles. The molecule has 0 fully saturated rings. The molecular weight excluding hydrogens is 310 g/mol. The number of hydrogen-bond acceptors (Lipinski definition) is 2. The van der Waals surface area contributed by atoms with Crippen molar-refractivity contribution in [1.82, 2.24) is 20.4 Å². The minimum absolute atomic E-state index is 0.284. The average molecular weight is 342 g/mol. The van der Waals surface area contributed by atoms with Crippen molar-refractivity contribution >= 4 is 5.96 Å². The highest BCUT2D eigenvalue weighted by Gasteiger charge is 2.13. The minimum atomic E-state index is 0.284. The zero-order valence-corrected chi connectivity index (χ0v) is 16.3. The van der Waals surface area contributed by atoms with E-state index in [1.165, 1.54) is 22.4 Å². The van der Waals surface area contributed by atoms with Crippen LogP contribution in [0.5, 0.6) is 0 Å². The number of hydrogen-bond donors (Lipinski definition) is 2. The van der Waals surface area contributed by atoms with Gasteiger partial charge in [0, 0.05) is 32.4 Å². The van der Waals surface area contributed by atoms with Crippen LogP contribution >= 0.6 is 0 Å². The lowest BCUT2D eigenvalue weighted by atomic mass is 10.1. The van der Waals surface area contributed by atoms with Crippen molar-refractivity contribution in [2.24, 2.45) is 12.0 Å². The molecule has 0 saturated heterocycles. The van der Waals surface area contributed by atoms with Gasteiger partial charge in [0.15, 0.2) is 5.96 Å². The Labute approximate surface area is 151 Å². The van der Waals surface area contributed by atoms with Crippen LogP contribution < -0.4 is 10.6 Å². The Morgan fingerprint density at radius 1 is 1.20 bits per heavy atom. The number of benzene rings is 1. The highest BCUT2D eigenvalue weighted by molar-refractivity contribution is 5.79. The topological polar surface area (TPSA) is 54.2 Å². The normalized spacial score (nSPS) is 13.0. The van der Waals surface area contributed by atoms with Crippen LogP contribution in [-0.2, 0) is 19.9 Å². The van der Waals surface area contributed by atoms with E-state index in [0.717, 1.165) is 31.0 Å². The van der Waals surface area contributed by atoms with Crippen LogP contribution in [0, 0.1) is 20.8 Å². The standard InChI is InChI=1S/C20H31N5/c1-14-7-9-18(10-8-14)11-12-22-20(21-5)23-15(2)13-19-16(3)24-25(6)17(19)4/h7-10,15H,11-13H2,1-6H3,(H2,21,22,23). The zero-order valence-electron chi connectivity index (χ0n) is 16.3. The monoisotopic (exact) mass is 341 g/mol. The molecule has 0 aliphatic carbocycles. The zero-order chi connectivity index (χ0) is 18.4. The summed E-state index contributed by atoms with van der Waals surface area (Å²) >= 11 is 0. The summed E-state index contributed by atoms with van der Waals surface area (Å²) in [6, 6.07) is 8.96. The molecule has 25 heavy (non-hydrogen) atoms. The molecule has 0 aliphatic rings. The van der Waals surface area contributed by atoms with Gasteiger partial charge in [-0.25, -0.2) is 0 Å². The van der Waals surface area contributed by atoms with Crippen LogP contribution in [0.25, 0.3) is 0 Å². The number of nitrogens with zero attached hydrogens (tertiary/aromatic N) is 3. The smallest absolute Gasteiger partial charge is 0.191 e. The summed E-state index contributed by atoms with van der Waals surface area (Å²) in [4.78, 5) is 4.34. The summed E-state index contributed by atoms with van der Waals surface area (Å²) in [5, 5.41) is 11.4. The van der Waals surface area contributed by atoms with Gasteiger partial charge < -0.3 is 10.6 Å². The first-order valence-electron chi connectivity index (χ1n) is 8.92. The van der Waals surface area contributed by atoms with Crippen molar-refractivity contribution in [3.05, 3.63) is 52.3 Å². The van der Waals surface area contributed by atoms with Crippen LogP contribution in [0.2, 0.25) is 0 Å². The van der Waals surface area contributed by atoms with Crippen LogP contribution in [-0.4, -0.2) is 35.4 Å². The molecule has 1 unspecified atom stereocenters. The first kappa shape index (κ1) is 19.0. The Morgan fingerprint density at radius 3 is 2.44 bits per heavy atom. The van der Waals surface area contributed by atoms with Crippen molar-refractivity contribution in [2.45, 2.75) is 46.6 Å². The Balaban J connectivity index is 1.83. The maximum atomic E-state index is 4.50. The molecule has 0 radical (unpaired) electrons. The molecule has 5 nitrogen and oxygen atoms in total. The van der Waals surface area contributed by atoms with Gasteiger partial charge in [0.05, 0.1) is 5.69 Å². The first-order chi connectivity index (χ1) is 11.9. The van der Waals surface area contributed by atoms with Crippen molar-refractivity contribution < 1.29 is 0 Å². The second-order valence-electron chi connectivity index (χ2n) is 6.76. The maximum absolute atomic E-state index is 4.50. The van der Waals surface area contributed by atoms with Gasteiger partial charge in [-0.2, -0.15) is 5.10 Å². The lowest BCUT2D eigenvalue weighted by Crippen LogP contribution is -2.43. The summed E-state index contributed by atoms with van der Waals surface area (Å²) in [6.45, 7) is 9.35. The molecule has 1 aromatic carbocycles. The van der Waals surface area contributed by atoms with Gasteiger partial charge in [-0.3, -0.25) is 9.67 Å². The molecule has 2 N–H and O–H groups in total. The molecule has 2 rings (SSSR count). The van der Waals surface area contributed by atoms with Gasteiger partial charge in [0.25, 0.3) is 0 Å². The Kier molecular flexibility index (Phi) is 6.62. The van der Waals surface area contributed by atoms with Crippen molar-refractivity contribution in [3.8, 4) is 0 Å². The van der Waals surface area contributed by atoms with E-state index in [-0.39, 0.29) is 6.04 Å². The van der Waals surface area contributed by atoms with Crippen LogP contribution in [0.3, 0.4) is 0 Å². The van der Waals surface area contributed by atoms with E-state index in [0.29, 0.717) is 0 Å². The Hall–Kier alpha value is -2.30. The van der Waals surface area contributed by atoms with Crippen LogP contribution in [0.1, 0.15) is 35.0 Å².